The van der Waals surface area contributed by atoms with E-state index in [0.29, 0.717) is 11.3 Å². The third-order valence-corrected chi connectivity index (χ3v) is 4.34. The molecule has 4 heteroatoms. The maximum atomic E-state index is 12.5. The van der Waals surface area contributed by atoms with Crippen LogP contribution in [0.15, 0.2) is 22.7 Å². The van der Waals surface area contributed by atoms with Crippen LogP contribution < -0.4 is 5.73 Å². The predicted octanol–water partition coefficient (Wildman–Crippen LogP) is 3.68. The number of hydrogen-bond acceptors (Lipinski definition) is 2. The van der Waals surface area contributed by atoms with Crippen LogP contribution in [0.25, 0.3) is 0 Å². The van der Waals surface area contributed by atoms with Gasteiger partial charge in [0.05, 0.1) is 0 Å². The maximum absolute atomic E-state index is 12.5. The summed E-state index contributed by atoms with van der Waals surface area (Å²) in [6.07, 6.45) is 4.67. The highest BCUT2D eigenvalue weighted by molar-refractivity contribution is 9.10. The molecule has 1 aliphatic rings. The van der Waals surface area contributed by atoms with Gasteiger partial charge in [0.2, 0.25) is 0 Å². The molecular weight excluding hydrogens is 304 g/mol. The first-order chi connectivity index (χ1) is 9.10. The molecule has 1 aromatic carbocycles. The van der Waals surface area contributed by atoms with E-state index < -0.39 is 0 Å². The summed E-state index contributed by atoms with van der Waals surface area (Å²) in [5.41, 5.74) is 7.11. The Labute approximate surface area is 123 Å². The fourth-order valence-corrected chi connectivity index (χ4v) is 3.21. The molecule has 0 spiro atoms. The van der Waals surface area contributed by atoms with E-state index in [1.165, 1.54) is 12.8 Å². The van der Waals surface area contributed by atoms with Crippen LogP contribution in [0.2, 0.25) is 0 Å². The number of likely N-dealkylation sites (tertiary alicyclic amines) is 1. The molecule has 1 atom stereocenters. The molecule has 2 N–H and O–H groups in total. The van der Waals surface area contributed by atoms with Gasteiger partial charge in [-0.1, -0.05) is 29.3 Å². The Morgan fingerprint density at radius 2 is 2.16 bits per heavy atom. The van der Waals surface area contributed by atoms with Crippen molar-refractivity contribution in [3.63, 3.8) is 0 Å². The van der Waals surface area contributed by atoms with E-state index in [9.17, 15) is 4.79 Å². The van der Waals surface area contributed by atoms with Crippen molar-refractivity contribution in [3.05, 3.63) is 28.2 Å². The lowest BCUT2D eigenvalue weighted by Crippen LogP contribution is -2.32. The van der Waals surface area contributed by atoms with Crippen molar-refractivity contribution >= 4 is 27.5 Å². The van der Waals surface area contributed by atoms with Crippen LogP contribution in [0.3, 0.4) is 0 Å². The van der Waals surface area contributed by atoms with Crippen molar-refractivity contribution in [3.8, 4) is 0 Å². The van der Waals surface area contributed by atoms with Gasteiger partial charge in [0.15, 0.2) is 0 Å². The van der Waals surface area contributed by atoms with Crippen molar-refractivity contribution < 1.29 is 4.79 Å². The lowest BCUT2D eigenvalue weighted by atomic mass is 9.98. The van der Waals surface area contributed by atoms with Crippen molar-refractivity contribution in [2.75, 3.05) is 18.8 Å². The summed E-state index contributed by atoms with van der Waals surface area (Å²) in [4.78, 5) is 14.5. The monoisotopic (exact) mass is 324 g/mol. The Kier molecular flexibility index (Phi) is 4.86. The number of benzene rings is 1. The summed E-state index contributed by atoms with van der Waals surface area (Å²) in [6.45, 7) is 3.96. The van der Waals surface area contributed by atoms with Gasteiger partial charge in [-0.2, -0.15) is 0 Å². The van der Waals surface area contributed by atoms with Gasteiger partial charge in [-0.05, 0) is 43.4 Å². The van der Waals surface area contributed by atoms with Gasteiger partial charge in [0, 0.05) is 28.8 Å². The zero-order valence-corrected chi connectivity index (χ0v) is 12.9. The number of carbonyl (C=O) groups is 1. The first-order valence-corrected chi connectivity index (χ1v) is 7.74. The fourth-order valence-electron chi connectivity index (χ4n) is 2.70. The highest BCUT2D eigenvalue weighted by atomic mass is 79.9. The zero-order chi connectivity index (χ0) is 13.8. The quantitative estimate of drug-likeness (QED) is 0.843. The number of nitrogens with zero attached hydrogens (tertiary/aromatic N) is 1. The maximum Gasteiger partial charge on any atom is 0.253 e. The third-order valence-electron chi connectivity index (χ3n) is 3.88. The van der Waals surface area contributed by atoms with E-state index in [2.05, 4.69) is 22.9 Å². The topological polar surface area (TPSA) is 46.3 Å². The van der Waals surface area contributed by atoms with Gasteiger partial charge in [0.1, 0.15) is 0 Å². The molecule has 0 radical (unpaired) electrons. The molecule has 1 fully saturated rings. The molecule has 2 rings (SSSR count). The average Bonchev–Trinajstić information content (AvgIpc) is 2.61. The molecular formula is C15H21BrN2O. The molecule has 0 aliphatic carbocycles. The van der Waals surface area contributed by atoms with E-state index in [0.717, 1.165) is 36.3 Å². The van der Waals surface area contributed by atoms with Crippen molar-refractivity contribution in [2.45, 2.75) is 32.6 Å². The molecule has 1 amide bonds. The molecule has 0 aromatic heterocycles. The van der Waals surface area contributed by atoms with Gasteiger partial charge in [-0.25, -0.2) is 0 Å². The van der Waals surface area contributed by atoms with E-state index >= 15 is 0 Å². The molecule has 1 aliphatic heterocycles. The van der Waals surface area contributed by atoms with Crippen LogP contribution in [0, 0.1) is 5.92 Å². The SMILES string of the molecule is CCC1CCCN(C(=O)c2cc(N)cc(Br)c2)CC1. The zero-order valence-electron chi connectivity index (χ0n) is 11.4. The highest BCUT2D eigenvalue weighted by Gasteiger charge is 2.21. The summed E-state index contributed by atoms with van der Waals surface area (Å²) in [5, 5.41) is 0. The lowest BCUT2D eigenvalue weighted by molar-refractivity contribution is 0.0760. The Morgan fingerprint density at radius 1 is 1.37 bits per heavy atom. The van der Waals surface area contributed by atoms with E-state index in [4.69, 9.17) is 5.73 Å². The predicted molar refractivity (Wildman–Crippen MR) is 82.1 cm³/mol. The summed E-state index contributed by atoms with van der Waals surface area (Å²) < 4.78 is 0.858. The van der Waals surface area contributed by atoms with Gasteiger partial charge in [-0.3, -0.25) is 4.79 Å². The third kappa shape index (κ3) is 3.72. The molecule has 3 nitrogen and oxygen atoms in total. The normalized spacial score (nSPS) is 20.1. The second kappa shape index (κ2) is 6.42. The highest BCUT2D eigenvalue weighted by Crippen LogP contribution is 2.23. The number of hydrogen-bond donors (Lipinski definition) is 1. The van der Waals surface area contributed by atoms with E-state index in [1.54, 1.807) is 6.07 Å². The largest absolute Gasteiger partial charge is 0.399 e. The van der Waals surface area contributed by atoms with Crippen molar-refractivity contribution in [2.24, 2.45) is 5.92 Å². The summed E-state index contributed by atoms with van der Waals surface area (Å²) >= 11 is 3.39. The molecule has 19 heavy (non-hydrogen) atoms. The van der Waals surface area contributed by atoms with E-state index in [1.807, 2.05) is 17.0 Å². The molecule has 1 unspecified atom stereocenters. The number of nitrogens with two attached hydrogens (primary N) is 1. The van der Waals surface area contributed by atoms with Crippen LogP contribution in [-0.4, -0.2) is 23.9 Å². The standard InChI is InChI=1S/C15H21BrN2O/c1-2-11-4-3-6-18(7-5-11)15(19)12-8-13(16)10-14(17)9-12/h8-11H,2-7,17H2,1H3. The van der Waals surface area contributed by atoms with Gasteiger partial charge >= 0.3 is 0 Å². The average molecular weight is 325 g/mol. The Hall–Kier alpha value is -1.03. The minimum atomic E-state index is 0.102. The van der Waals surface area contributed by atoms with Gasteiger partial charge in [0.25, 0.3) is 5.91 Å². The molecule has 0 bridgehead atoms. The van der Waals surface area contributed by atoms with Crippen LogP contribution in [0.4, 0.5) is 5.69 Å². The number of nitrogen functional groups attached to an aromatic ring is 1. The summed E-state index contributed by atoms with van der Waals surface area (Å²) in [7, 11) is 0. The molecule has 1 saturated heterocycles. The summed E-state index contributed by atoms with van der Waals surface area (Å²) in [6, 6.07) is 5.42. The van der Waals surface area contributed by atoms with Crippen molar-refractivity contribution in [1.29, 1.82) is 0 Å². The minimum absolute atomic E-state index is 0.102. The number of halogens is 1. The Balaban J connectivity index is 2.10. The minimum Gasteiger partial charge on any atom is -0.399 e. The second-order valence-corrected chi connectivity index (χ2v) is 6.19. The Bertz CT molecular complexity index is 441. The van der Waals surface area contributed by atoms with Gasteiger partial charge < -0.3 is 10.6 Å². The Morgan fingerprint density at radius 3 is 2.84 bits per heavy atom. The van der Waals surface area contributed by atoms with Gasteiger partial charge in [-0.15, -0.1) is 0 Å². The molecule has 1 heterocycles. The lowest BCUT2D eigenvalue weighted by Gasteiger charge is -2.21. The van der Waals surface area contributed by atoms with Crippen LogP contribution in [-0.2, 0) is 0 Å². The van der Waals surface area contributed by atoms with Crippen LogP contribution in [0.1, 0.15) is 43.0 Å². The number of rotatable bonds is 2. The first-order valence-electron chi connectivity index (χ1n) is 6.95. The summed E-state index contributed by atoms with van der Waals surface area (Å²) in [5.74, 6) is 0.870. The molecule has 1 aromatic rings. The fraction of sp³-hybridized carbons (Fsp3) is 0.533. The van der Waals surface area contributed by atoms with Crippen LogP contribution in [0.5, 0.6) is 0 Å². The number of anilines is 1. The number of amides is 1. The smallest absolute Gasteiger partial charge is 0.253 e. The number of carbonyl (C=O) groups excluding carboxylic acids is 1. The first kappa shape index (κ1) is 14.4. The molecule has 104 valence electrons. The van der Waals surface area contributed by atoms with Crippen molar-refractivity contribution in [1.82, 2.24) is 4.90 Å². The molecule has 0 saturated carbocycles. The van der Waals surface area contributed by atoms with Crippen LogP contribution >= 0.6 is 15.9 Å². The van der Waals surface area contributed by atoms with E-state index in [-0.39, 0.29) is 5.91 Å². The second-order valence-electron chi connectivity index (χ2n) is 5.27.